The number of nitrogens with one attached hydrogen (secondary N) is 1. The van der Waals surface area contributed by atoms with Crippen LogP contribution in [-0.4, -0.2) is 21.0 Å². The summed E-state index contributed by atoms with van der Waals surface area (Å²) in [6.07, 6.45) is -0.717. The third-order valence-electron chi connectivity index (χ3n) is 4.36. The quantitative estimate of drug-likeness (QED) is 0.544. The summed E-state index contributed by atoms with van der Waals surface area (Å²) >= 11 is 0. The van der Waals surface area contributed by atoms with Gasteiger partial charge in [-0.05, 0) is 54.1 Å². The molecule has 0 saturated heterocycles. The molecule has 0 aliphatic carbocycles. The van der Waals surface area contributed by atoms with Crippen molar-refractivity contribution in [3.63, 3.8) is 0 Å². The zero-order valence-electron chi connectivity index (χ0n) is 14.5. The van der Waals surface area contributed by atoms with E-state index in [2.05, 4.69) is 9.97 Å². The fourth-order valence-corrected chi connectivity index (χ4v) is 2.94. The second-order valence-electron chi connectivity index (χ2n) is 6.26. The Morgan fingerprint density at radius 1 is 1.07 bits per heavy atom. The third-order valence-corrected chi connectivity index (χ3v) is 4.36. The van der Waals surface area contributed by atoms with Gasteiger partial charge in [-0.25, -0.2) is 9.78 Å². The van der Waals surface area contributed by atoms with Crippen molar-refractivity contribution in [3.8, 4) is 5.75 Å². The van der Waals surface area contributed by atoms with Gasteiger partial charge in [0.15, 0.2) is 11.9 Å². The SMILES string of the molecule is C[C@H](OC(=O)c1ccc2cc(O)ccc2c1)c1nc2ccccc2c(=O)[nH]1. The molecule has 1 atom stereocenters. The Balaban J connectivity index is 1.61. The van der Waals surface area contributed by atoms with E-state index in [1.165, 1.54) is 0 Å². The number of aromatic hydroxyl groups is 1. The van der Waals surface area contributed by atoms with E-state index >= 15 is 0 Å². The van der Waals surface area contributed by atoms with Crippen molar-refractivity contribution >= 4 is 27.6 Å². The number of carbonyl (C=O) groups excluding carboxylic acids is 1. The van der Waals surface area contributed by atoms with Crippen molar-refractivity contribution in [3.05, 3.63) is 82.4 Å². The maximum Gasteiger partial charge on any atom is 0.338 e. The first-order valence-electron chi connectivity index (χ1n) is 8.44. The number of esters is 1. The molecule has 0 unspecified atom stereocenters. The van der Waals surface area contributed by atoms with Crippen molar-refractivity contribution < 1.29 is 14.6 Å². The van der Waals surface area contributed by atoms with Crippen LogP contribution in [0.3, 0.4) is 0 Å². The molecule has 0 fully saturated rings. The maximum absolute atomic E-state index is 12.5. The van der Waals surface area contributed by atoms with Crippen molar-refractivity contribution in [2.24, 2.45) is 0 Å². The summed E-state index contributed by atoms with van der Waals surface area (Å²) in [5.41, 5.74) is 0.650. The molecule has 0 saturated carbocycles. The Bertz CT molecular complexity index is 1230. The van der Waals surface area contributed by atoms with Crippen LogP contribution >= 0.6 is 0 Å². The van der Waals surface area contributed by atoms with E-state index in [9.17, 15) is 14.7 Å². The lowest BCUT2D eigenvalue weighted by Gasteiger charge is -2.13. The molecule has 1 aromatic heterocycles. The Kier molecular flexibility index (Phi) is 4.08. The van der Waals surface area contributed by atoms with Crippen molar-refractivity contribution in [1.29, 1.82) is 0 Å². The van der Waals surface area contributed by atoms with Crippen LogP contribution in [0.4, 0.5) is 0 Å². The lowest BCUT2D eigenvalue weighted by Crippen LogP contribution is -2.17. The number of para-hydroxylation sites is 1. The zero-order valence-corrected chi connectivity index (χ0v) is 14.5. The van der Waals surface area contributed by atoms with Gasteiger partial charge in [-0.2, -0.15) is 0 Å². The number of hydrogen-bond acceptors (Lipinski definition) is 5. The van der Waals surface area contributed by atoms with Gasteiger partial charge in [0.2, 0.25) is 0 Å². The van der Waals surface area contributed by atoms with Gasteiger partial charge >= 0.3 is 5.97 Å². The molecule has 1 heterocycles. The van der Waals surface area contributed by atoms with E-state index in [-0.39, 0.29) is 17.1 Å². The number of phenolic OH excluding ortho intramolecular Hbond substituents is 1. The average molecular weight is 360 g/mol. The molecule has 0 amide bonds. The number of ether oxygens (including phenoxy) is 1. The number of aromatic amines is 1. The first-order valence-corrected chi connectivity index (χ1v) is 8.44. The second kappa shape index (κ2) is 6.57. The molecule has 0 radical (unpaired) electrons. The van der Waals surface area contributed by atoms with Crippen LogP contribution in [0, 0.1) is 0 Å². The van der Waals surface area contributed by atoms with Crippen LogP contribution in [0.2, 0.25) is 0 Å². The summed E-state index contributed by atoms with van der Waals surface area (Å²) in [6.45, 7) is 1.66. The number of fused-ring (bicyclic) bond motifs is 2. The smallest absolute Gasteiger partial charge is 0.338 e. The summed E-state index contributed by atoms with van der Waals surface area (Å²) < 4.78 is 5.48. The van der Waals surface area contributed by atoms with Crippen molar-refractivity contribution in [1.82, 2.24) is 9.97 Å². The second-order valence-corrected chi connectivity index (χ2v) is 6.26. The Morgan fingerprint density at radius 3 is 2.67 bits per heavy atom. The number of benzene rings is 3. The summed E-state index contributed by atoms with van der Waals surface area (Å²) in [5, 5.41) is 11.6. The largest absolute Gasteiger partial charge is 0.508 e. The standard InChI is InChI=1S/C21H16N2O4/c1-12(19-22-18-5-3-2-4-17(18)20(25)23-19)27-21(26)15-7-6-14-11-16(24)9-8-13(14)10-15/h2-12,24H,1H3,(H,22,23,25)/t12-/m0/s1. The minimum Gasteiger partial charge on any atom is -0.508 e. The minimum absolute atomic E-state index is 0.165. The highest BCUT2D eigenvalue weighted by atomic mass is 16.5. The normalized spacial score (nSPS) is 12.2. The fourth-order valence-electron chi connectivity index (χ4n) is 2.94. The van der Waals surface area contributed by atoms with Gasteiger partial charge in [0.05, 0.1) is 16.5 Å². The Labute approximate surface area is 154 Å². The zero-order chi connectivity index (χ0) is 19.0. The van der Waals surface area contributed by atoms with Crippen LogP contribution in [0.25, 0.3) is 21.7 Å². The monoisotopic (exact) mass is 360 g/mol. The summed E-state index contributed by atoms with van der Waals surface area (Å²) in [6, 6.07) is 17.0. The molecule has 2 N–H and O–H groups in total. The molecular formula is C21H16N2O4. The minimum atomic E-state index is -0.717. The van der Waals surface area contributed by atoms with E-state index in [1.807, 2.05) is 0 Å². The van der Waals surface area contributed by atoms with Crippen LogP contribution in [-0.2, 0) is 4.74 Å². The lowest BCUT2D eigenvalue weighted by molar-refractivity contribution is 0.0320. The number of H-pyrrole nitrogens is 1. The Hall–Kier alpha value is -3.67. The van der Waals surface area contributed by atoms with Crippen LogP contribution < -0.4 is 5.56 Å². The first kappa shape index (κ1) is 16.8. The van der Waals surface area contributed by atoms with E-state index in [0.717, 1.165) is 10.8 Å². The molecule has 4 rings (SSSR count). The topological polar surface area (TPSA) is 92.3 Å². The van der Waals surface area contributed by atoms with Crippen molar-refractivity contribution in [2.75, 3.05) is 0 Å². The highest BCUT2D eigenvalue weighted by molar-refractivity contribution is 5.95. The number of carbonyl (C=O) groups is 1. The van der Waals surface area contributed by atoms with Gasteiger partial charge in [0.25, 0.3) is 5.56 Å². The number of hydrogen-bond donors (Lipinski definition) is 2. The number of phenols is 1. The van der Waals surface area contributed by atoms with Crippen LogP contribution in [0.5, 0.6) is 5.75 Å². The summed E-state index contributed by atoms with van der Waals surface area (Å²) in [7, 11) is 0. The molecule has 0 bridgehead atoms. The summed E-state index contributed by atoms with van der Waals surface area (Å²) in [4.78, 5) is 31.7. The van der Waals surface area contributed by atoms with Gasteiger partial charge in [0, 0.05) is 0 Å². The van der Waals surface area contributed by atoms with Crippen LogP contribution in [0.15, 0.2) is 65.5 Å². The van der Waals surface area contributed by atoms with Gasteiger partial charge < -0.3 is 14.8 Å². The van der Waals surface area contributed by atoms with Gasteiger partial charge in [-0.1, -0.05) is 24.3 Å². The van der Waals surface area contributed by atoms with Crippen LogP contribution in [0.1, 0.15) is 29.2 Å². The molecule has 0 aliphatic rings. The number of nitrogens with zero attached hydrogens (tertiary/aromatic N) is 1. The molecule has 4 aromatic rings. The molecule has 6 heteroatoms. The molecule has 134 valence electrons. The number of rotatable bonds is 3. The van der Waals surface area contributed by atoms with Gasteiger partial charge in [-0.3, -0.25) is 4.79 Å². The number of aromatic nitrogens is 2. The van der Waals surface area contributed by atoms with Crippen molar-refractivity contribution in [2.45, 2.75) is 13.0 Å². The van der Waals surface area contributed by atoms with E-state index in [1.54, 1.807) is 67.6 Å². The van der Waals surface area contributed by atoms with E-state index in [4.69, 9.17) is 4.74 Å². The molecule has 27 heavy (non-hydrogen) atoms. The molecule has 0 aliphatic heterocycles. The molecule has 0 spiro atoms. The summed E-state index contributed by atoms with van der Waals surface area (Å²) in [5.74, 6) is -0.0659. The predicted molar refractivity (Wildman–Crippen MR) is 102 cm³/mol. The predicted octanol–water partition coefficient (Wildman–Crippen LogP) is 3.70. The maximum atomic E-state index is 12.5. The van der Waals surface area contributed by atoms with Gasteiger partial charge in [-0.15, -0.1) is 0 Å². The lowest BCUT2D eigenvalue weighted by atomic mass is 10.1. The molecule has 6 nitrogen and oxygen atoms in total. The third kappa shape index (κ3) is 3.25. The fraction of sp³-hybridized carbons (Fsp3) is 0.0952. The Morgan fingerprint density at radius 2 is 1.81 bits per heavy atom. The average Bonchev–Trinajstić information content (AvgIpc) is 2.67. The van der Waals surface area contributed by atoms with Gasteiger partial charge in [0.1, 0.15) is 5.75 Å². The molecule has 3 aromatic carbocycles. The van der Waals surface area contributed by atoms with E-state index < -0.39 is 12.1 Å². The first-order chi connectivity index (χ1) is 13.0. The van der Waals surface area contributed by atoms with E-state index in [0.29, 0.717) is 16.5 Å². The highest BCUT2D eigenvalue weighted by Gasteiger charge is 2.17. The highest BCUT2D eigenvalue weighted by Crippen LogP contribution is 2.23. The molecular weight excluding hydrogens is 344 g/mol.